The molecule has 40 heavy (non-hydrogen) atoms. The first-order valence-corrected chi connectivity index (χ1v) is 12.4. The number of aromatic hydroxyl groups is 1. The minimum Gasteiger partial charge on any atom is -0.507 e. The van der Waals surface area contributed by atoms with Gasteiger partial charge >= 0.3 is 12.1 Å². The number of carboxylic acid groups (broad SMARTS) is 1. The summed E-state index contributed by atoms with van der Waals surface area (Å²) >= 11 is 0. The van der Waals surface area contributed by atoms with Crippen LogP contribution in [0, 0.1) is 13.8 Å². The summed E-state index contributed by atoms with van der Waals surface area (Å²) in [4.78, 5) is 27.5. The van der Waals surface area contributed by atoms with Crippen LogP contribution in [0.25, 0.3) is 11.1 Å². The van der Waals surface area contributed by atoms with E-state index in [9.17, 15) is 33.0 Å². The normalized spacial score (nSPS) is 19.5. The number of rotatable bonds is 5. The lowest BCUT2D eigenvalue weighted by atomic mass is 9.83. The van der Waals surface area contributed by atoms with Crippen molar-refractivity contribution < 1.29 is 33.0 Å². The standard InChI is InChI=1S/C31H25F3N2O4/c1-18-12-19(2)14-22(13-18)36-26-15-21(31(32,33)34)9-10-24(26)25(28(36)38)17-35-30(29(39)40)11-5-6-20(16-30)23-7-3-4-8-27(23)37/h3-15,17,35,37H,16H2,1-2H3,(H,39,40)/b25-17+. The Morgan fingerprint density at radius 2 is 1.73 bits per heavy atom. The van der Waals surface area contributed by atoms with Crippen LogP contribution < -0.4 is 10.2 Å². The van der Waals surface area contributed by atoms with Crippen LogP contribution in [0.2, 0.25) is 0 Å². The number of phenols is 1. The van der Waals surface area contributed by atoms with Gasteiger partial charge in [0.2, 0.25) is 0 Å². The van der Waals surface area contributed by atoms with E-state index in [4.69, 9.17) is 0 Å². The summed E-state index contributed by atoms with van der Waals surface area (Å²) < 4.78 is 40.9. The van der Waals surface area contributed by atoms with Crippen molar-refractivity contribution in [3.63, 3.8) is 0 Å². The lowest BCUT2D eigenvalue weighted by molar-refractivity contribution is -0.142. The highest BCUT2D eigenvalue weighted by atomic mass is 19.4. The van der Waals surface area contributed by atoms with Crippen molar-refractivity contribution in [1.82, 2.24) is 5.32 Å². The lowest BCUT2D eigenvalue weighted by Gasteiger charge is -2.30. The quantitative estimate of drug-likeness (QED) is 0.318. The van der Waals surface area contributed by atoms with Gasteiger partial charge in [0.05, 0.1) is 16.8 Å². The predicted octanol–water partition coefficient (Wildman–Crippen LogP) is 6.50. The minimum absolute atomic E-state index is 0.00819. The molecule has 0 aromatic heterocycles. The zero-order valence-electron chi connectivity index (χ0n) is 21.6. The fraction of sp³-hybridized carbons (Fsp3) is 0.161. The van der Waals surface area contributed by atoms with Crippen molar-refractivity contribution in [1.29, 1.82) is 0 Å². The Balaban J connectivity index is 1.58. The van der Waals surface area contributed by atoms with Gasteiger partial charge in [-0.05, 0) is 67.0 Å². The highest BCUT2D eigenvalue weighted by Crippen LogP contribution is 2.45. The number of hydrogen-bond acceptors (Lipinski definition) is 4. The lowest BCUT2D eigenvalue weighted by Crippen LogP contribution is -2.49. The predicted molar refractivity (Wildman–Crippen MR) is 146 cm³/mol. The molecule has 0 spiro atoms. The summed E-state index contributed by atoms with van der Waals surface area (Å²) in [6, 6.07) is 14.9. The van der Waals surface area contributed by atoms with Gasteiger partial charge in [-0.1, -0.05) is 42.5 Å². The van der Waals surface area contributed by atoms with E-state index in [0.717, 1.165) is 23.3 Å². The van der Waals surface area contributed by atoms with Gasteiger partial charge in [-0.2, -0.15) is 13.2 Å². The van der Waals surface area contributed by atoms with Gasteiger partial charge in [-0.25, -0.2) is 4.79 Å². The minimum atomic E-state index is -4.62. The van der Waals surface area contributed by atoms with E-state index in [1.807, 2.05) is 19.9 Å². The van der Waals surface area contributed by atoms with Crippen molar-refractivity contribution in [3.8, 4) is 5.75 Å². The molecule has 1 atom stereocenters. The summed E-state index contributed by atoms with van der Waals surface area (Å²) in [6.07, 6.45) is 1.25. The van der Waals surface area contributed by atoms with Gasteiger partial charge in [0.25, 0.3) is 5.91 Å². The topological polar surface area (TPSA) is 89.9 Å². The molecule has 3 N–H and O–H groups in total. The summed E-state index contributed by atoms with van der Waals surface area (Å²) in [6.45, 7) is 3.65. The molecule has 0 saturated carbocycles. The van der Waals surface area contributed by atoms with Crippen molar-refractivity contribution in [2.45, 2.75) is 32.0 Å². The van der Waals surface area contributed by atoms with E-state index < -0.39 is 29.2 Å². The number of halogens is 3. The van der Waals surface area contributed by atoms with E-state index in [0.29, 0.717) is 16.8 Å². The molecular formula is C31H25F3N2O4. The van der Waals surface area contributed by atoms with Crippen molar-refractivity contribution in [3.05, 3.63) is 113 Å². The molecule has 0 saturated heterocycles. The van der Waals surface area contributed by atoms with Crippen LogP contribution in [-0.4, -0.2) is 27.6 Å². The van der Waals surface area contributed by atoms with Gasteiger partial charge in [0, 0.05) is 29.4 Å². The molecule has 5 rings (SSSR count). The summed E-state index contributed by atoms with van der Waals surface area (Å²) in [5.74, 6) is -1.83. The molecular weight excluding hydrogens is 521 g/mol. The maximum atomic E-state index is 13.8. The second-order valence-electron chi connectivity index (χ2n) is 9.94. The van der Waals surface area contributed by atoms with Crippen LogP contribution in [0.5, 0.6) is 5.75 Å². The first-order valence-electron chi connectivity index (χ1n) is 12.4. The Morgan fingerprint density at radius 1 is 1.02 bits per heavy atom. The smallest absolute Gasteiger partial charge is 0.416 e. The molecule has 3 aromatic carbocycles. The first-order chi connectivity index (χ1) is 18.9. The molecule has 1 heterocycles. The SMILES string of the molecule is Cc1cc(C)cc(N2C(=O)/C(=C/NC3(C(=O)O)C=CC=C(c4ccccc4O)C3)c3ccc(C(F)(F)F)cc32)c1. The van der Waals surface area contributed by atoms with Crippen LogP contribution in [0.1, 0.15) is 34.2 Å². The van der Waals surface area contributed by atoms with Gasteiger partial charge in [0.1, 0.15) is 5.75 Å². The van der Waals surface area contributed by atoms with E-state index in [1.54, 1.807) is 42.5 Å². The number of amides is 1. The molecule has 1 aliphatic carbocycles. The van der Waals surface area contributed by atoms with Crippen LogP contribution in [0.15, 0.2) is 85.1 Å². The van der Waals surface area contributed by atoms with Crippen molar-refractivity contribution >= 4 is 34.4 Å². The largest absolute Gasteiger partial charge is 0.507 e. The van der Waals surface area contributed by atoms with Gasteiger partial charge in [-0.15, -0.1) is 0 Å². The van der Waals surface area contributed by atoms with Gasteiger partial charge in [0.15, 0.2) is 5.54 Å². The molecule has 9 heteroatoms. The zero-order chi connectivity index (χ0) is 28.8. The number of allylic oxidation sites excluding steroid dienone is 2. The Kier molecular flexibility index (Phi) is 6.53. The molecule has 3 aromatic rings. The molecule has 0 bridgehead atoms. The van der Waals surface area contributed by atoms with E-state index in [2.05, 4.69) is 5.32 Å². The van der Waals surface area contributed by atoms with Crippen LogP contribution in [-0.2, 0) is 15.8 Å². The second-order valence-corrected chi connectivity index (χ2v) is 9.94. The molecule has 1 amide bonds. The Labute approximate surface area is 228 Å². The number of carbonyl (C=O) groups excluding carboxylic acids is 1. The number of alkyl halides is 3. The van der Waals surface area contributed by atoms with Crippen LogP contribution >= 0.6 is 0 Å². The number of nitrogens with one attached hydrogen (secondary N) is 1. The molecule has 204 valence electrons. The summed E-state index contributed by atoms with van der Waals surface area (Å²) in [7, 11) is 0. The number of phenolic OH excluding ortho intramolecular Hbond substituents is 1. The molecule has 1 unspecified atom stereocenters. The average Bonchev–Trinajstić information content (AvgIpc) is 3.17. The fourth-order valence-corrected chi connectivity index (χ4v) is 5.13. The average molecular weight is 547 g/mol. The van der Waals surface area contributed by atoms with Crippen molar-refractivity contribution in [2.75, 3.05) is 4.90 Å². The number of para-hydroxylation sites is 1. The molecule has 1 aliphatic heterocycles. The first kappa shape index (κ1) is 26.8. The third kappa shape index (κ3) is 4.75. The zero-order valence-corrected chi connectivity index (χ0v) is 21.6. The monoisotopic (exact) mass is 546 g/mol. The van der Waals surface area contributed by atoms with Crippen LogP contribution in [0.3, 0.4) is 0 Å². The summed E-state index contributed by atoms with van der Waals surface area (Å²) in [5, 5.41) is 23.4. The number of hydrogen-bond donors (Lipinski definition) is 3. The number of aryl methyl sites for hydroxylation is 2. The van der Waals surface area contributed by atoms with Crippen molar-refractivity contribution in [2.24, 2.45) is 0 Å². The maximum absolute atomic E-state index is 13.8. The maximum Gasteiger partial charge on any atom is 0.416 e. The van der Waals surface area contributed by atoms with Gasteiger partial charge < -0.3 is 15.5 Å². The fourth-order valence-electron chi connectivity index (χ4n) is 5.13. The Morgan fingerprint density at radius 3 is 2.38 bits per heavy atom. The number of nitrogens with zero attached hydrogens (tertiary/aromatic N) is 1. The molecule has 0 fully saturated rings. The number of benzene rings is 3. The number of aliphatic carboxylic acids is 1. The third-order valence-corrected chi connectivity index (χ3v) is 7.01. The van der Waals surface area contributed by atoms with E-state index in [1.165, 1.54) is 29.3 Å². The highest BCUT2D eigenvalue weighted by Gasteiger charge is 2.41. The molecule has 6 nitrogen and oxygen atoms in total. The number of carboxylic acids is 1. The van der Waals surface area contributed by atoms with Gasteiger partial charge in [-0.3, -0.25) is 9.69 Å². The Bertz CT molecular complexity index is 1620. The molecule has 2 aliphatic rings. The second kappa shape index (κ2) is 9.75. The highest BCUT2D eigenvalue weighted by molar-refractivity contribution is 6.35. The summed E-state index contributed by atoms with van der Waals surface area (Å²) in [5.41, 5.74) is 0.806. The van der Waals surface area contributed by atoms with E-state index >= 15 is 0 Å². The van der Waals surface area contributed by atoms with Crippen LogP contribution in [0.4, 0.5) is 24.5 Å². The third-order valence-electron chi connectivity index (χ3n) is 7.01. The van der Waals surface area contributed by atoms with E-state index in [-0.39, 0.29) is 29.0 Å². The number of anilines is 2. The molecule has 0 radical (unpaired) electrons. The Hall–Kier alpha value is -4.79. The number of carbonyl (C=O) groups is 2. The number of fused-ring (bicyclic) bond motifs is 1.